The van der Waals surface area contributed by atoms with Gasteiger partial charge in [0.2, 0.25) is 0 Å². The summed E-state index contributed by atoms with van der Waals surface area (Å²) in [6.07, 6.45) is 5.71. The molecule has 1 saturated heterocycles. The molecule has 5 nitrogen and oxygen atoms in total. The SMILES string of the molecule is Nc1c(C(=O)N2CCCCC2)n[nH]c1C1CC1. The third-order valence-electron chi connectivity index (χ3n) is 3.66. The molecule has 1 saturated carbocycles. The number of aromatic nitrogens is 2. The van der Waals surface area contributed by atoms with E-state index < -0.39 is 0 Å². The van der Waals surface area contributed by atoms with Crippen molar-refractivity contribution in [3.63, 3.8) is 0 Å². The fourth-order valence-corrected chi connectivity index (χ4v) is 2.46. The molecule has 2 aliphatic rings. The number of nitrogens with one attached hydrogen (secondary N) is 1. The molecule has 1 aromatic rings. The van der Waals surface area contributed by atoms with Crippen molar-refractivity contribution in [3.05, 3.63) is 11.4 Å². The molecule has 92 valence electrons. The van der Waals surface area contributed by atoms with E-state index in [0.29, 0.717) is 17.3 Å². The van der Waals surface area contributed by atoms with Crippen molar-refractivity contribution < 1.29 is 4.79 Å². The Kier molecular flexibility index (Phi) is 2.53. The van der Waals surface area contributed by atoms with Gasteiger partial charge in [-0.3, -0.25) is 9.89 Å². The highest BCUT2D eigenvalue weighted by Crippen LogP contribution is 2.42. The van der Waals surface area contributed by atoms with Crippen LogP contribution in [0.2, 0.25) is 0 Å². The Balaban J connectivity index is 1.80. The highest BCUT2D eigenvalue weighted by atomic mass is 16.2. The lowest BCUT2D eigenvalue weighted by Crippen LogP contribution is -2.36. The molecular formula is C12H18N4O. The van der Waals surface area contributed by atoms with Crippen LogP contribution in [0.15, 0.2) is 0 Å². The molecule has 0 bridgehead atoms. The first-order valence-electron chi connectivity index (χ1n) is 6.40. The van der Waals surface area contributed by atoms with Gasteiger partial charge < -0.3 is 10.6 Å². The Morgan fingerprint density at radius 1 is 1.29 bits per heavy atom. The number of rotatable bonds is 2. The Labute approximate surface area is 100 Å². The highest BCUT2D eigenvalue weighted by Gasteiger charge is 2.31. The summed E-state index contributed by atoms with van der Waals surface area (Å²) >= 11 is 0. The van der Waals surface area contributed by atoms with Crippen molar-refractivity contribution in [2.24, 2.45) is 0 Å². The molecule has 3 rings (SSSR count). The monoisotopic (exact) mass is 234 g/mol. The van der Waals surface area contributed by atoms with Gasteiger partial charge >= 0.3 is 0 Å². The van der Waals surface area contributed by atoms with E-state index in [0.717, 1.165) is 44.5 Å². The second-order valence-corrected chi connectivity index (χ2v) is 5.03. The van der Waals surface area contributed by atoms with Crippen molar-refractivity contribution in [1.29, 1.82) is 0 Å². The number of likely N-dealkylation sites (tertiary alicyclic amines) is 1. The quantitative estimate of drug-likeness (QED) is 0.814. The lowest BCUT2D eigenvalue weighted by atomic mass is 10.1. The maximum atomic E-state index is 12.2. The van der Waals surface area contributed by atoms with E-state index in [9.17, 15) is 4.79 Å². The van der Waals surface area contributed by atoms with Crippen molar-refractivity contribution in [2.45, 2.75) is 38.0 Å². The molecule has 1 amide bonds. The summed E-state index contributed by atoms with van der Waals surface area (Å²) in [5, 5.41) is 7.04. The summed E-state index contributed by atoms with van der Waals surface area (Å²) < 4.78 is 0. The molecule has 3 N–H and O–H groups in total. The van der Waals surface area contributed by atoms with E-state index in [-0.39, 0.29) is 5.91 Å². The molecule has 0 unspecified atom stereocenters. The molecule has 1 aliphatic carbocycles. The average molecular weight is 234 g/mol. The van der Waals surface area contributed by atoms with E-state index >= 15 is 0 Å². The maximum Gasteiger partial charge on any atom is 0.276 e. The third-order valence-corrected chi connectivity index (χ3v) is 3.66. The van der Waals surface area contributed by atoms with E-state index in [2.05, 4.69) is 10.2 Å². The molecule has 0 radical (unpaired) electrons. The topological polar surface area (TPSA) is 75.0 Å². The van der Waals surface area contributed by atoms with Crippen LogP contribution in [0.5, 0.6) is 0 Å². The second-order valence-electron chi connectivity index (χ2n) is 5.03. The van der Waals surface area contributed by atoms with Gasteiger partial charge in [0.05, 0.1) is 11.4 Å². The summed E-state index contributed by atoms with van der Waals surface area (Å²) in [4.78, 5) is 14.1. The molecule has 17 heavy (non-hydrogen) atoms. The van der Waals surface area contributed by atoms with Gasteiger partial charge in [-0.1, -0.05) is 0 Å². The summed E-state index contributed by atoms with van der Waals surface area (Å²) in [5.41, 5.74) is 7.97. The number of aromatic amines is 1. The average Bonchev–Trinajstić information content (AvgIpc) is 3.13. The molecule has 2 heterocycles. The number of hydrogen-bond acceptors (Lipinski definition) is 3. The third kappa shape index (κ3) is 1.90. The number of H-pyrrole nitrogens is 1. The number of carbonyl (C=O) groups is 1. The number of carbonyl (C=O) groups excluding carboxylic acids is 1. The lowest BCUT2D eigenvalue weighted by molar-refractivity contribution is 0.0719. The zero-order valence-electron chi connectivity index (χ0n) is 9.91. The fraction of sp³-hybridized carbons (Fsp3) is 0.667. The molecule has 1 aromatic heterocycles. The number of nitrogens with two attached hydrogens (primary N) is 1. The fourth-order valence-electron chi connectivity index (χ4n) is 2.46. The Morgan fingerprint density at radius 2 is 2.00 bits per heavy atom. The van der Waals surface area contributed by atoms with Crippen LogP contribution in [0, 0.1) is 0 Å². The second kappa shape index (κ2) is 4.05. The highest BCUT2D eigenvalue weighted by molar-refractivity contribution is 5.97. The largest absolute Gasteiger partial charge is 0.395 e. The number of anilines is 1. The first kappa shape index (κ1) is 10.6. The van der Waals surface area contributed by atoms with Gasteiger partial charge in [0, 0.05) is 19.0 Å². The zero-order chi connectivity index (χ0) is 11.8. The van der Waals surface area contributed by atoms with E-state index in [1.54, 1.807) is 0 Å². The van der Waals surface area contributed by atoms with E-state index in [1.165, 1.54) is 6.42 Å². The molecule has 0 aromatic carbocycles. The van der Waals surface area contributed by atoms with Crippen LogP contribution in [0.3, 0.4) is 0 Å². The molecule has 5 heteroatoms. The number of nitrogens with zero attached hydrogens (tertiary/aromatic N) is 2. The van der Waals surface area contributed by atoms with Gasteiger partial charge in [0.25, 0.3) is 5.91 Å². The summed E-state index contributed by atoms with van der Waals surface area (Å²) in [7, 11) is 0. The van der Waals surface area contributed by atoms with Crippen LogP contribution >= 0.6 is 0 Å². The minimum Gasteiger partial charge on any atom is -0.395 e. The van der Waals surface area contributed by atoms with Gasteiger partial charge in [-0.2, -0.15) is 5.10 Å². The van der Waals surface area contributed by atoms with Gasteiger partial charge in [-0.15, -0.1) is 0 Å². The number of nitrogen functional groups attached to an aromatic ring is 1. The molecule has 0 atom stereocenters. The standard InChI is InChI=1S/C12H18N4O/c13-9-10(8-4-5-8)14-15-11(9)12(17)16-6-2-1-3-7-16/h8H,1-7,13H2,(H,14,15). The first-order chi connectivity index (χ1) is 8.27. The Morgan fingerprint density at radius 3 is 2.65 bits per heavy atom. The first-order valence-corrected chi connectivity index (χ1v) is 6.40. The summed E-state index contributed by atoms with van der Waals surface area (Å²) in [6.45, 7) is 1.67. The van der Waals surface area contributed by atoms with Crippen LogP contribution in [-0.4, -0.2) is 34.1 Å². The number of piperidine rings is 1. The van der Waals surface area contributed by atoms with Crippen LogP contribution in [0.25, 0.3) is 0 Å². The molecular weight excluding hydrogens is 216 g/mol. The number of amides is 1. The van der Waals surface area contributed by atoms with Gasteiger partial charge in [0.15, 0.2) is 5.69 Å². The predicted molar refractivity (Wildman–Crippen MR) is 64.7 cm³/mol. The van der Waals surface area contributed by atoms with Crippen LogP contribution in [-0.2, 0) is 0 Å². The lowest BCUT2D eigenvalue weighted by Gasteiger charge is -2.25. The minimum atomic E-state index is -0.00894. The van der Waals surface area contributed by atoms with Gasteiger partial charge in [-0.05, 0) is 32.1 Å². The van der Waals surface area contributed by atoms with Gasteiger partial charge in [-0.25, -0.2) is 0 Å². The molecule has 2 fully saturated rings. The maximum absolute atomic E-state index is 12.2. The molecule has 1 aliphatic heterocycles. The van der Waals surface area contributed by atoms with Crippen molar-refractivity contribution in [1.82, 2.24) is 15.1 Å². The Hall–Kier alpha value is -1.52. The van der Waals surface area contributed by atoms with Crippen LogP contribution < -0.4 is 5.73 Å². The van der Waals surface area contributed by atoms with Crippen molar-refractivity contribution >= 4 is 11.6 Å². The van der Waals surface area contributed by atoms with E-state index in [4.69, 9.17) is 5.73 Å². The molecule has 0 spiro atoms. The van der Waals surface area contributed by atoms with Crippen LogP contribution in [0.1, 0.15) is 54.2 Å². The van der Waals surface area contributed by atoms with Crippen molar-refractivity contribution in [2.75, 3.05) is 18.8 Å². The zero-order valence-corrected chi connectivity index (χ0v) is 9.91. The minimum absolute atomic E-state index is 0.00894. The van der Waals surface area contributed by atoms with Gasteiger partial charge in [0.1, 0.15) is 0 Å². The normalized spacial score (nSPS) is 20.6. The number of hydrogen-bond donors (Lipinski definition) is 2. The predicted octanol–water partition coefficient (Wildman–Crippen LogP) is 1.50. The summed E-state index contributed by atoms with van der Waals surface area (Å²) in [5.74, 6) is 0.496. The summed E-state index contributed by atoms with van der Waals surface area (Å²) in [6, 6.07) is 0. The smallest absolute Gasteiger partial charge is 0.276 e. The van der Waals surface area contributed by atoms with E-state index in [1.807, 2.05) is 4.90 Å². The van der Waals surface area contributed by atoms with Crippen LogP contribution in [0.4, 0.5) is 5.69 Å². The Bertz CT molecular complexity index is 430. The van der Waals surface area contributed by atoms with Crippen molar-refractivity contribution in [3.8, 4) is 0 Å².